The topological polar surface area (TPSA) is 32.5 Å². The third-order valence-electron chi connectivity index (χ3n) is 4.33. The van der Waals surface area contributed by atoms with E-state index < -0.39 is 0 Å². The van der Waals surface area contributed by atoms with E-state index in [9.17, 15) is 0 Å². The van der Waals surface area contributed by atoms with Crippen LogP contribution in [0, 0.1) is 0 Å². The predicted molar refractivity (Wildman–Crippen MR) is 82.7 cm³/mol. The smallest absolute Gasteiger partial charge is 0.0429 e. The van der Waals surface area contributed by atoms with Crippen LogP contribution in [0.5, 0.6) is 0 Å². The number of nitrogens with two attached hydrogens (primary N) is 1. The molecular formula is C16H27N3. The molecule has 1 aliphatic rings. The third kappa shape index (κ3) is 3.10. The number of benzene rings is 1. The fraction of sp³-hybridized carbons (Fsp3) is 0.625. The Morgan fingerprint density at radius 1 is 1.26 bits per heavy atom. The summed E-state index contributed by atoms with van der Waals surface area (Å²) in [6.45, 7) is 7.50. The zero-order chi connectivity index (χ0) is 13.8. The predicted octanol–water partition coefficient (Wildman–Crippen LogP) is 2.11. The molecule has 106 valence electrons. The van der Waals surface area contributed by atoms with Crippen molar-refractivity contribution in [1.82, 2.24) is 4.90 Å². The van der Waals surface area contributed by atoms with Crippen LogP contribution in [0.1, 0.15) is 25.8 Å². The van der Waals surface area contributed by atoms with Gasteiger partial charge in [-0.05, 0) is 45.0 Å². The summed E-state index contributed by atoms with van der Waals surface area (Å²) in [4.78, 5) is 5.03. The molecule has 0 bridgehead atoms. The molecule has 1 fully saturated rings. The molecule has 0 saturated carbocycles. The summed E-state index contributed by atoms with van der Waals surface area (Å²) in [5, 5.41) is 0. The Labute approximate surface area is 117 Å². The van der Waals surface area contributed by atoms with Crippen molar-refractivity contribution in [2.75, 3.05) is 31.6 Å². The molecule has 19 heavy (non-hydrogen) atoms. The van der Waals surface area contributed by atoms with Gasteiger partial charge in [0.05, 0.1) is 0 Å². The van der Waals surface area contributed by atoms with Crippen LogP contribution in [-0.2, 0) is 6.42 Å². The van der Waals surface area contributed by atoms with Crippen molar-refractivity contribution < 1.29 is 0 Å². The van der Waals surface area contributed by atoms with Gasteiger partial charge in [-0.15, -0.1) is 0 Å². The zero-order valence-electron chi connectivity index (χ0n) is 12.5. The van der Waals surface area contributed by atoms with Crippen LogP contribution >= 0.6 is 0 Å². The molecular weight excluding hydrogens is 234 g/mol. The minimum Gasteiger partial charge on any atom is -0.365 e. The number of para-hydroxylation sites is 1. The normalized spacial score (nSPS) is 24.7. The Kier molecular flexibility index (Phi) is 4.83. The monoisotopic (exact) mass is 261 g/mol. The van der Waals surface area contributed by atoms with Gasteiger partial charge in [-0.2, -0.15) is 0 Å². The molecule has 3 nitrogen and oxygen atoms in total. The molecule has 1 aromatic rings. The first-order valence-electron chi connectivity index (χ1n) is 7.42. The largest absolute Gasteiger partial charge is 0.365 e. The van der Waals surface area contributed by atoms with E-state index in [4.69, 9.17) is 5.73 Å². The quantitative estimate of drug-likeness (QED) is 0.901. The highest BCUT2D eigenvalue weighted by Crippen LogP contribution is 2.27. The number of nitrogens with zero attached hydrogens (tertiary/aromatic N) is 2. The highest BCUT2D eigenvalue weighted by Gasteiger charge is 2.29. The van der Waals surface area contributed by atoms with E-state index in [-0.39, 0.29) is 0 Å². The summed E-state index contributed by atoms with van der Waals surface area (Å²) in [7, 11) is 2.22. The Balaban J connectivity index is 2.28. The van der Waals surface area contributed by atoms with Crippen LogP contribution in [0.15, 0.2) is 24.3 Å². The fourth-order valence-corrected chi connectivity index (χ4v) is 3.01. The number of anilines is 1. The minimum absolute atomic E-state index is 0.541. The van der Waals surface area contributed by atoms with Crippen molar-refractivity contribution in [1.29, 1.82) is 0 Å². The van der Waals surface area contributed by atoms with Crippen LogP contribution in [0.25, 0.3) is 0 Å². The zero-order valence-corrected chi connectivity index (χ0v) is 12.5. The van der Waals surface area contributed by atoms with E-state index in [0.717, 1.165) is 32.5 Å². The lowest BCUT2D eigenvalue weighted by Gasteiger charge is -2.46. The molecule has 0 aliphatic carbocycles. The lowest BCUT2D eigenvalue weighted by molar-refractivity contribution is 0.196. The average molecular weight is 261 g/mol. The second kappa shape index (κ2) is 6.40. The van der Waals surface area contributed by atoms with Crippen molar-refractivity contribution in [3.05, 3.63) is 29.8 Å². The molecule has 1 saturated heterocycles. The third-order valence-corrected chi connectivity index (χ3v) is 4.33. The molecule has 2 unspecified atom stereocenters. The van der Waals surface area contributed by atoms with Crippen molar-refractivity contribution in [3.8, 4) is 0 Å². The molecule has 1 aliphatic heterocycles. The molecule has 2 atom stereocenters. The van der Waals surface area contributed by atoms with Crippen LogP contribution in [0.4, 0.5) is 5.69 Å². The molecule has 1 heterocycles. The van der Waals surface area contributed by atoms with E-state index in [1.807, 2.05) is 0 Å². The Morgan fingerprint density at radius 3 is 2.68 bits per heavy atom. The number of aryl methyl sites for hydroxylation is 1. The summed E-state index contributed by atoms with van der Waals surface area (Å²) in [6.07, 6.45) is 2.15. The van der Waals surface area contributed by atoms with Gasteiger partial charge in [-0.1, -0.05) is 25.1 Å². The SMILES string of the molecule is CCc1ccccc1N1CC(C)N(C)CC1CCN. The molecule has 2 rings (SSSR count). The van der Waals surface area contributed by atoms with E-state index in [1.54, 1.807) is 0 Å². The Bertz CT molecular complexity index is 405. The maximum Gasteiger partial charge on any atom is 0.0429 e. The molecule has 0 amide bonds. The van der Waals surface area contributed by atoms with Crippen molar-refractivity contribution >= 4 is 5.69 Å². The van der Waals surface area contributed by atoms with Crippen molar-refractivity contribution in [2.24, 2.45) is 5.73 Å². The van der Waals surface area contributed by atoms with E-state index >= 15 is 0 Å². The molecule has 0 radical (unpaired) electrons. The summed E-state index contributed by atoms with van der Waals surface area (Å²) in [5.74, 6) is 0. The van der Waals surface area contributed by atoms with E-state index in [1.165, 1.54) is 11.3 Å². The lowest BCUT2D eigenvalue weighted by Crippen LogP contribution is -2.56. The van der Waals surface area contributed by atoms with Gasteiger partial charge < -0.3 is 10.6 Å². The maximum absolute atomic E-state index is 5.81. The molecule has 3 heteroatoms. The highest BCUT2D eigenvalue weighted by atomic mass is 15.3. The minimum atomic E-state index is 0.541. The van der Waals surface area contributed by atoms with E-state index in [0.29, 0.717) is 12.1 Å². The second-order valence-electron chi connectivity index (χ2n) is 5.65. The summed E-state index contributed by atoms with van der Waals surface area (Å²) < 4.78 is 0. The molecule has 0 spiro atoms. The molecule has 1 aromatic carbocycles. The van der Waals surface area contributed by atoms with Gasteiger partial charge in [0.1, 0.15) is 0 Å². The van der Waals surface area contributed by atoms with Gasteiger partial charge in [-0.3, -0.25) is 4.90 Å². The fourth-order valence-electron chi connectivity index (χ4n) is 3.01. The number of hydrogen-bond acceptors (Lipinski definition) is 3. The van der Waals surface area contributed by atoms with Crippen molar-refractivity contribution in [3.63, 3.8) is 0 Å². The number of likely N-dealkylation sites (N-methyl/N-ethyl adjacent to an activating group) is 1. The van der Waals surface area contributed by atoms with Gasteiger partial charge in [0.15, 0.2) is 0 Å². The van der Waals surface area contributed by atoms with Gasteiger partial charge in [0, 0.05) is 30.9 Å². The second-order valence-corrected chi connectivity index (χ2v) is 5.65. The highest BCUT2D eigenvalue weighted by molar-refractivity contribution is 5.55. The standard InChI is InChI=1S/C16H27N3/c1-4-14-7-5-6-8-16(14)19-11-13(2)18(3)12-15(19)9-10-17/h5-8,13,15H,4,9-12,17H2,1-3H3. The van der Waals surface area contributed by atoms with Gasteiger partial charge in [-0.25, -0.2) is 0 Å². The van der Waals surface area contributed by atoms with Crippen LogP contribution in [0.2, 0.25) is 0 Å². The van der Waals surface area contributed by atoms with Crippen molar-refractivity contribution in [2.45, 2.75) is 38.8 Å². The first-order chi connectivity index (χ1) is 9.17. The summed E-state index contributed by atoms with van der Waals surface area (Å²) >= 11 is 0. The molecule has 0 aromatic heterocycles. The average Bonchev–Trinajstić information content (AvgIpc) is 2.43. The maximum atomic E-state index is 5.81. The van der Waals surface area contributed by atoms with Crippen LogP contribution < -0.4 is 10.6 Å². The summed E-state index contributed by atoms with van der Waals surface area (Å²) in [5.41, 5.74) is 8.66. The number of piperazine rings is 1. The van der Waals surface area contributed by atoms with Crippen LogP contribution in [0.3, 0.4) is 0 Å². The number of rotatable bonds is 4. The van der Waals surface area contributed by atoms with Crippen LogP contribution in [-0.4, -0.2) is 43.7 Å². The van der Waals surface area contributed by atoms with Gasteiger partial charge in [0.2, 0.25) is 0 Å². The Morgan fingerprint density at radius 2 is 2.00 bits per heavy atom. The number of hydrogen-bond donors (Lipinski definition) is 1. The van der Waals surface area contributed by atoms with Gasteiger partial charge >= 0.3 is 0 Å². The first-order valence-corrected chi connectivity index (χ1v) is 7.42. The summed E-state index contributed by atoms with van der Waals surface area (Å²) in [6, 6.07) is 9.94. The van der Waals surface area contributed by atoms with Gasteiger partial charge in [0.25, 0.3) is 0 Å². The first kappa shape index (κ1) is 14.4. The lowest BCUT2D eigenvalue weighted by atomic mass is 10.0. The molecule has 2 N–H and O–H groups in total. The Hall–Kier alpha value is -1.06. The van der Waals surface area contributed by atoms with E-state index in [2.05, 4.69) is 55.0 Å².